The Hall–Kier alpha value is -1.82. The number of rotatable bonds is 1. The highest BCUT2D eigenvalue weighted by atomic mass is 32.1. The number of hydrogen-bond donors (Lipinski definition) is 4. The Morgan fingerprint density at radius 1 is 1.38 bits per heavy atom. The molecule has 0 bridgehead atoms. The summed E-state index contributed by atoms with van der Waals surface area (Å²) in [4.78, 5) is 14.5. The molecule has 5 nitrogen and oxygen atoms in total. The minimum absolute atomic E-state index is 0.186. The number of thiol groups is 1. The predicted molar refractivity (Wildman–Crippen MR) is 60.2 cm³/mol. The Kier molecular flexibility index (Phi) is 2.43. The zero-order valence-corrected chi connectivity index (χ0v) is 9.21. The van der Waals surface area contributed by atoms with Crippen molar-refractivity contribution in [1.29, 1.82) is 0 Å². The number of carbonyl (C=O) groups excluding carboxylic acids is 1. The summed E-state index contributed by atoms with van der Waals surface area (Å²) >= 11 is 4.16. The summed E-state index contributed by atoms with van der Waals surface area (Å²) in [7, 11) is 1.26. The molecule has 0 unspecified atom stereocenters. The first-order chi connectivity index (χ1) is 7.54. The van der Waals surface area contributed by atoms with E-state index in [-0.39, 0.29) is 17.2 Å². The van der Waals surface area contributed by atoms with E-state index in [9.17, 15) is 15.0 Å². The fourth-order valence-corrected chi connectivity index (χ4v) is 1.79. The lowest BCUT2D eigenvalue weighted by Crippen LogP contribution is -2.01. The van der Waals surface area contributed by atoms with Gasteiger partial charge in [0.15, 0.2) is 11.5 Å². The number of fused-ring (bicyclic) bond motifs is 1. The molecule has 1 aromatic carbocycles. The van der Waals surface area contributed by atoms with E-state index in [0.29, 0.717) is 15.8 Å². The number of ether oxygens (including phenoxy) is 1. The summed E-state index contributed by atoms with van der Waals surface area (Å²) in [6.45, 7) is 0. The van der Waals surface area contributed by atoms with Crippen LogP contribution in [0.4, 0.5) is 0 Å². The molecule has 2 rings (SSSR count). The van der Waals surface area contributed by atoms with Gasteiger partial charge in [-0.05, 0) is 6.07 Å². The molecule has 6 heteroatoms. The smallest absolute Gasteiger partial charge is 0.355 e. The van der Waals surface area contributed by atoms with E-state index in [2.05, 4.69) is 22.3 Å². The molecule has 0 radical (unpaired) electrons. The molecule has 0 aliphatic rings. The lowest BCUT2D eigenvalue weighted by atomic mass is 10.2. The van der Waals surface area contributed by atoms with Gasteiger partial charge in [-0.2, -0.15) is 0 Å². The Labute approximate surface area is 96.1 Å². The van der Waals surface area contributed by atoms with Gasteiger partial charge in [0.05, 0.1) is 12.6 Å². The molecule has 3 N–H and O–H groups in total. The van der Waals surface area contributed by atoms with Crippen LogP contribution in [-0.4, -0.2) is 28.3 Å². The summed E-state index contributed by atoms with van der Waals surface area (Å²) in [6, 6.07) is 2.65. The summed E-state index contributed by atoms with van der Waals surface area (Å²) in [5.74, 6) is -1.09. The second kappa shape index (κ2) is 3.64. The fourth-order valence-electron chi connectivity index (χ4n) is 1.45. The monoisotopic (exact) mass is 239 g/mol. The second-order valence-electron chi connectivity index (χ2n) is 3.23. The van der Waals surface area contributed by atoms with Crippen molar-refractivity contribution in [3.63, 3.8) is 0 Å². The van der Waals surface area contributed by atoms with Crippen molar-refractivity contribution in [3.8, 4) is 11.5 Å². The van der Waals surface area contributed by atoms with Gasteiger partial charge in [0.2, 0.25) is 0 Å². The number of esters is 1. The minimum Gasteiger partial charge on any atom is -0.504 e. The topological polar surface area (TPSA) is 82.6 Å². The van der Waals surface area contributed by atoms with Crippen LogP contribution in [0.15, 0.2) is 17.0 Å². The van der Waals surface area contributed by atoms with Gasteiger partial charge in [-0.1, -0.05) is 0 Å². The molecular formula is C10H9NO4S. The van der Waals surface area contributed by atoms with Crippen molar-refractivity contribution in [2.45, 2.75) is 4.90 Å². The number of nitrogens with one attached hydrogen (secondary N) is 1. The van der Waals surface area contributed by atoms with Gasteiger partial charge < -0.3 is 19.9 Å². The molecule has 1 aromatic heterocycles. The predicted octanol–water partition coefficient (Wildman–Crippen LogP) is 1.65. The number of phenols is 2. The molecule has 2 aromatic rings. The van der Waals surface area contributed by atoms with Gasteiger partial charge in [-0.25, -0.2) is 4.79 Å². The molecule has 84 valence electrons. The van der Waals surface area contributed by atoms with Gasteiger partial charge in [-0.3, -0.25) is 0 Å². The molecule has 0 saturated carbocycles. The van der Waals surface area contributed by atoms with Crippen LogP contribution in [0.5, 0.6) is 11.5 Å². The van der Waals surface area contributed by atoms with Crippen LogP contribution in [0.3, 0.4) is 0 Å². The van der Waals surface area contributed by atoms with Crippen LogP contribution >= 0.6 is 12.6 Å². The zero-order chi connectivity index (χ0) is 11.9. The van der Waals surface area contributed by atoms with Gasteiger partial charge >= 0.3 is 5.97 Å². The fraction of sp³-hybridized carbons (Fsp3) is 0.100. The summed E-state index contributed by atoms with van der Waals surface area (Å²) in [6.07, 6.45) is 0. The Morgan fingerprint density at radius 2 is 2.00 bits per heavy atom. The zero-order valence-electron chi connectivity index (χ0n) is 8.31. The Balaban J connectivity index is 2.73. The van der Waals surface area contributed by atoms with Crippen LogP contribution < -0.4 is 0 Å². The Bertz CT molecular complexity index is 576. The Morgan fingerprint density at radius 3 is 2.62 bits per heavy atom. The molecule has 0 aliphatic heterocycles. The van der Waals surface area contributed by atoms with E-state index >= 15 is 0 Å². The molecule has 0 saturated heterocycles. The van der Waals surface area contributed by atoms with Crippen molar-refractivity contribution >= 4 is 29.5 Å². The minimum atomic E-state index is -0.555. The van der Waals surface area contributed by atoms with Crippen molar-refractivity contribution in [3.05, 3.63) is 17.8 Å². The largest absolute Gasteiger partial charge is 0.504 e. The molecule has 0 atom stereocenters. The van der Waals surface area contributed by atoms with Crippen molar-refractivity contribution in [2.75, 3.05) is 7.11 Å². The van der Waals surface area contributed by atoms with Crippen LogP contribution in [0.25, 0.3) is 10.9 Å². The normalized spacial score (nSPS) is 10.6. The van der Waals surface area contributed by atoms with Crippen molar-refractivity contribution in [1.82, 2.24) is 4.98 Å². The van der Waals surface area contributed by atoms with Gasteiger partial charge in [-0.15, -0.1) is 12.6 Å². The van der Waals surface area contributed by atoms with E-state index in [1.54, 1.807) is 0 Å². The van der Waals surface area contributed by atoms with Crippen LogP contribution in [0.2, 0.25) is 0 Å². The lowest BCUT2D eigenvalue weighted by molar-refractivity contribution is 0.0591. The molecule has 1 heterocycles. The first-order valence-electron chi connectivity index (χ1n) is 4.39. The number of methoxy groups -OCH3 is 1. The van der Waals surface area contributed by atoms with E-state index in [1.807, 2.05) is 0 Å². The van der Waals surface area contributed by atoms with Crippen LogP contribution in [0.1, 0.15) is 10.5 Å². The molecule has 0 aliphatic carbocycles. The number of aromatic hydroxyl groups is 2. The first kappa shape index (κ1) is 10.7. The highest BCUT2D eigenvalue weighted by molar-refractivity contribution is 7.80. The highest BCUT2D eigenvalue weighted by Crippen LogP contribution is 2.34. The van der Waals surface area contributed by atoms with Gasteiger partial charge in [0, 0.05) is 16.3 Å². The standard InChI is InChI=1S/C10H9NO4S/c1-15-10(14)8-9(16)4-2-6(12)7(13)3-5(4)11-8/h2-3,11-13,16H,1H3. The van der Waals surface area contributed by atoms with Crippen LogP contribution in [0, 0.1) is 0 Å². The van der Waals surface area contributed by atoms with E-state index in [4.69, 9.17) is 0 Å². The van der Waals surface area contributed by atoms with Crippen LogP contribution in [-0.2, 0) is 4.74 Å². The maximum absolute atomic E-state index is 11.3. The molecule has 0 spiro atoms. The van der Waals surface area contributed by atoms with E-state index in [1.165, 1.54) is 19.2 Å². The quantitative estimate of drug-likeness (QED) is 0.346. The average molecular weight is 239 g/mol. The summed E-state index contributed by atoms with van der Waals surface area (Å²) < 4.78 is 4.56. The summed E-state index contributed by atoms with van der Waals surface area (Å²) in [5, 5.41) is 19.2. The van der Waals surface area contributed by atoms with Gasteiger partial charge in [0.1, 0.15) is 5.69 Å². The number of phenolic OH excluding ortho intramolecular Hbond substituents is 2. The SMILES string of the molecule is COC(=O)c1[nH]c2cc(O)c(O)cc2c1S. The number of aromatic nitrogens is 1. The average Bonchev–Trinajstić information content (AvgIpc) is 2.56. The third-order valence-electron chi connectivity index (χ3n) is 2.26. The number of hydrogen-bond acceptors (Lipinski definition) is 5. The first-order valence-corrected chi connectivity index (χ1v) is 4.84. The number of benzene rings is 1. The lowest BCUT2D eigenvalue weighted by Gasteiger charge is -1.97. The molecular weight excluding hydrogens is 230 g/mol. The number of aromatic amines is 1. The molecule has 16 heavy (non-hydrogen) atoms. The number of carbonyl (C=O) groups is 1. The highest BCUT2D eigenvalue weighted by Gasteiger charge is 2.17. The van der Waals surface area contributed by atoms with Crippen molar-refractivity contribution < 1.29 is 19.7 Å². The third-order valence-corrected chi connectivity index (χ3v) is 2.72. The number of H-pyrrole nitrogens is 1. The molecule has 0 amide bonds. The second-order valence-corrected chi connectivity index (χ2v) is 3.67. The van der Waals surface area contributed by atoms with Gasteiger partial charge in [0.25, 0.3) is 0 Å². The molecule has 0 fully saturated rings. The van der Waals surface area contributed by atoms with E-state index < -0.39 is 5.97 Å². The summed E-state index contributed by atoms with van der Waals surface area (Å²) in [5.41, 5.74) is 0.687. The van der Waals surface area contributed by atoms with E-state index in [0.717, 1.165) is 0 Å². The van der Waals surface area contributed by atoms with Crippen molar-refractivity contribution in [2.24, 2.45) is 0 Å². The maximum Gasteiger partial charge on any atom is 0.355 e. The third kappa shape index (κ3) is 1.47. The maximum atomic E-state index is 11.3.